The molecule has 5 nitrogen and oxygen atoms in total. The summed E-state index contributed by atoms with van der Waals surface area (Å²) in [4.78, 5) is 26.3. The summed E-state index contributed by atoms with van der Waals surface area (Å²) in [5.41, 5.74) is 1.65. The monoisotopic (exact) mass is 337 g/mol. The van der Waals surface area contributed by atoms with Gasteiger partial charge >= 0.3 is 0 Å². The number of nitrogens with zero attached hydrogens (tertiary/aromatic N) is 2. The van der Waals surface area contributed by atoms with Gasteiger partial charge in [0.25, 0.3) is 0 Å². The Bertz CT molecular complexity index is 858. The van der Waals surface area contributed by atoms with Gasteiger partial charge in [-0.1, -0.05) is 18.2 Å². The summed E-state index contributed by atoms with van der Waals surface area (Å²) in [6.45, 7) is 0. The molecule has 6 heteroatoms. The van der Waals surface area contributed by atoms with Gasteiger partial charge in [0.05, 0.1) is 23.6 Å². The lowest BCUT2D eigenvalue weighted by Gasteiger charge is -2.25. The molecule has 2 atom stereocenters. The van der Waals surface area contributed by atoms with Gasteiger partial charge < -0.3 is 10.2 Å². The summed E-state index contributed by atoms with van der Waals surface area (Å²) in [6, 6.07) is 14.0. The SMILES string of the molecule is CN1C(=O)C[C@H](C(=O)Nc2cccc(C#N)c2)[C@H]1c1ccc(F)cc1. The Balaban J connectivity index is 1.85. The molecule has 0 radical (unpaired) electrons. The highest BCUT2D eigenvalue weighted by molar-refractivity contribution is 5.98. The van der Waals surface area contributed by atoms with Crippen LogP contribution in [0.3, 0.4) is 0 Å². The molecule has 2 amide bonds. The first kappa shape index (κ1) is 16.7. The van der Waals surface area contributed by atoms with Crippen LogP contribution < -0.4 is 5.32 Å². The Morgan fingerprint density at radius 2 is 2.00 bits per heavy atom. The Hall–Kier alpha value is -3.20. The maximum atomic E-state index is 13.2. The number of carbonyl (C=O) groups is 2. The average molecular weight is 337 g/mol. The van der Waals surface area contributed by atoms with Crippen LogP contribution in [0.1, 0.15) is 23.6 Å². The molecule has 0 saturated carbocycles. The van der Waals surface area contributed by atoms with Gasteiger partial charge in [-0.2, -0.15) is 5.26 Å². The van der Waals surface area contributed by atoms with E-state index in [1.165, 1.54) is 17.0 Å². The van der Waals surface area contributed by atoms with Crippen molar-refractivity contribution in [3.8, 4) is 6.07 Å². The highest BCUT2D eigenvalue weighted by Crippen LogP contribution is 2.37. The highest BCUT2D eigenvalue weighted by atomic mass is 19.1. The molecule has 2 aromatic rings. The Morgan fingerprint density at radius 1 is 1.28 bits per heavy atom. The third-order valence-electron chi connectivity index (χ3n) is 4.39. The van der Waals surface area contributed by atoms with E-state index in [1.807, 2.05) is 6.07 Å². The van der Waals surface area contributed by atoms with Crippen LogP contribution in [0, 0.1) is 23.1 Å². The number of halogens is 1. The summed E-state index contributed by atoms with van der Waals surface area (Å²) in [5, 5.41) is 11.7. The molecule has 0 aromatic heterocycles. The van der Waals surface area contributed by atoms with Gasteiger partial charge in [-0.15, -0.1) is 0 Å². The average Bonchev–Trinajstić information content (AvgIpc) is 2.91. The van der Waals surface area contributed by atoms with Gasteiger partial charge in [0, 0.05) is 19.2 Å². The molecular weight excluding hydrogens is 321 g/mol. The summed E-state index contributed by atoms with van der Waals surface area (Å²) in [6.07, 6.45) is 0.0856. The van der Waals surface area contributed by atoms with E-state index in [-0.39, 0.29) is 24.1 Å². The minimum atomic E-state index is -0.589. The van der Waals surface area contributed by atoms with E-state index in [0.29, 0.717) is 16.8 Å². The number of amides is 2. The van der Waals surface area contributed by atoms with Crippen LogP contribution in [0.25, 0.3) is 0 Å². The minimum absolute atomic E-state index is 0.0856. The molecule has 126 valence electrons. The van der Waals surface area contributed by atoms with Crippen molar-refractivity contribution in [2.24, 2.45) is 5.92 Å². The van der Waals surface area contributed by atoms with Crippen molar-refractivity contribution in [3.63, 3.8) is 0 Å². The fraction of sp³-hybridized carbons (Fsp3) is 0.211. The number of hydrogen-bond donors (Lipinski definition) is 1. The Labute approximate surface area is 144 Å². The quantitative estimate of drug-likeness (QED) is 0.936. The fourth-order valence-corrected chi connectivity index (χ4v) is 3.12. The zero-order valence-corrected chi connectivity index (χ0v) is 13.6. The molecule has 1 aliphatic heterocycles. The van der Waals surface area contributed by atoms with Gasteiger partial charge in [0.15, 0.2) is 0 Å². The number of carbonyl (C=O) groups excluding carboxylic acids is 2. The number of likely N-dealkylation sites (tertiary alicyclic amines) is 1. The number of hydrogen-bond acceptors (Lipinski definition) is 3. The topological polar surface area (TPSA) is 73.2 Å². The second-order valence-electron chi connectivity index (χ2n) is 5.99. The van der Waals surface area contributed by atoms with Crippen molar-refractivity contribution in [2.45, 2.75) is 12.5 Å². The summed E-state index contributed by atoms with van der Waals surface area (Å²) in [5.74, 6) is -1.40. The molecule has 1 N–H and O–H groups in total. The number of nitriles is 1. The van der Waals surface area contributed by atoms with Crippen molar-refractivity contribution in [3.05, 3.63) is 65.5 Å². The summed E-state index contributed by atoms with van der Waals surface area (Å²) in [7, 11) is 1.64. The first-order valence-corrected chi connectivity index (χ1v) is 7.82. The molecular formula is C19H16FN3O2. The molecule has 3 rings (SSSR count). The molecule has 2 aromatic carbocycles. The van der Waals surface area contributed by atoms with Crippen LogP contribution in [0.5, 0.6) is 0 Å². The number of benzene rings is 2. The second-order valence-corrected chi connectivity index (χ2v) is 5.99. The van der Waals surface area contributed by atoms with Crippen LogP contribution in [0.15, 0.2) is 48.5 Å². The van der Waals surface area contributed by atoms with Crippen molar-refractivity contribution >= 4 is 17.5 Å². The maximum Gasteiger partial charge on any atom is 0.230 e. The zero-order chi connectivity index (χ0) is 18.0. The normalized spacial score (nSPS) is 19.6. The molecule has 1 heterocycles. The highest BCUT2D eigenvalue weighted by Gasteiger charge is 2.42. The van der Waals surface area contributed by atoms with E-state index < -0.39 is 12.0 Å². The molecule has 0 bridgehead atoms. The first-order chi connectivity index (χ1) is 12.0. The maximum absolute atomic E-state index is 13.2. The van der Waals surface area contributed by atoms with E-state index in [4.69, 9.17) is 5.26 Å². The van der Waals surface area contributed by atoms with Crippen LogP contribution in [-0.4, -0.2) is 23.8 Å². The molecule has 25 heavy (non-hydrogen) atoms. The predicted octanol–water partition coefficient (Wildman–Crippen LogP) is 2.86. The van der Waals surface area contributed by atoms with E-state index in [2.05, 4.69) is 5.32 Å². The molecule has 0 spiro atoms. The van der Waals surface area contributed by atoms with Crippen LogP contribution >= 0.6 is 0 Å². The number of anilines is 1. The lowest BCUT2D eigenvalue weighted by Crippen LogP contribution is -2.30. The standard InChI is InChI=1S/C19H16FN3O2/c1-23-17(24)10-16(18(23)13-5-7-14(20)8-6-13)19(25)22-15-4-2-3-12(9-15)11-21/h2-9,16,18H,10H2,1H3,(H,22,25)/t16-,18+/m0/s1. The lowest BCUT2D eigenvalue weighted by molar-refractivity contribution is -0.127. The summed E-state index contributed by atoms with van der Waals surface area (Å²) < 4.78 is 13.2. The van der Waals surface area contributed by atoms with E-state index in [9.17, 15) is 14.0 Å². The minimum Gasteiger partial charge on any atom is -0.338 e. The van der Waals surface area contributed by atoms with Gasteiger partial charge in [0.2, 0.25) is 11.8 Å². The molecule has 1 fully saturated rings. The van der Waals surface area contributed by atoms with E-state index in [1.54, 1.807) is 43.4 Å². The van der Waals surface area contributed by atoms with Crippen molar-refractivity contribution in [2.75, 3.05) is 12.4 Å². The van der Waals surface area contributed by atoms with E-state index >= 15 is 0 Å². The van der Waals surface area contributed by atoms with Crippen molar-refractivity contribution in [1.29, 1.82) is 5.26 Å². The third-order valence-corrected chi connectivity index (χ3v) is 4.39. The van der Waals surface area contributed by atoms with E-state index in [0.717, 1.165) is 0 Å². The molecule has 0 aliphatic carbocycles. The Morgan fingerprint density at radius 3 is 2.68 bits per heavy atom. The van der Waals surface area contributed by atoms with Gasteiger partial charge in [-0.25, -0.2) is 4.39 Å². The van der Waals surface area contributed by atoms with Crippen molar-refractivity contribution in [1.82, 2.24) is 4.90 Å². The zero-order valence-electron chi connectivity index (χ0n) is 13.6. The number of rotatable bonds is 3. The molecule has 0 unspecified atom stereocenters. The van der Waals surface area contributed by atoms with Gasteiger partial charge in [0.1, 0.15) is 5.82 Å². The van der Waals surface area contributed by atoms with Crippen LogP contribution in [-0.2, 0) is 9.59 Å². The predicted molar refractivity (Wildman–Crippen MR) is 89.8 cm³/mol. The lowest BCUT2D eigenvalue weighted by atomic mass is 9.92. The Kier molecular flexibility index (Phi) is 4.48. The van der Waals surface area contributed by atoms with Crippen molar-refractivity contribution < 1.29 is 14.0 Å². The third kappa shape index (κ3) is 3.36. The summed E-state index contributed by atoms with van der Waals surface area (Å²) >= 11 is 0. The van der Waals surface area contributed by atoms with Gasteiger partial charge in [-0.3, -0.25) is 9.59 Å². The smallest absolute Gasteiger partial charge is 0.230 e. The second kappa shape index (κ2) is 6.73. The van der Waals surface area contributed by atoms with Gasteiger partial charge in [-0.05, 0) is 35.9 Å². The van der Waals surface area contributed by atoms with Crippen LogP contribution in [0.2, 0.25) is 0 Å². The molecule has 1 aliphatic rings. The molecule has 1 saturated heterocycles. The fourth-order valence-electron chi connectivity index (χ4n) is 3.12. The largest absolute Gasteiger partial charge is 0.338 e. The number of nitrogens with one attached hydrogen (secondary N) is 1. The first-order valence-electron chi connectivity index (χ1n) is 7.82. The van der Waals surface area contributed by atoms with Crippen LogP contribution in [0.4, 0.5) is 10.1 Å².